The number of fused-ring (bicyclic) bond motifs is 5. The first-order valence-electron chi connectivity index (χ1n) is 11.0. The van der Waals surface area contributed by atoms with Crippen molar-refractivity contribution in [2.75, 3.05) is 6.61 Å². The van der Waals surface area contributed by atoms with Gasteiger partial charge in [0.25, 0.3) is 0 Å². The number of carbonyl (C=O) groups is 4. The molecule has 3 aliphatic rings. The van der Waals surface area contributed by atoms with Gasteiger partial charge in [-0.2, -0.15) is 0 Å². The molecule has 0 unspecified atom stereocenters. The van der Waals surface area contributed by atoms with Gasteiger partial charge < -0.3 is 4.74 Å². The van der Waals surface area contributed by atoms with Gasteiger partial charge in [0.15, 0.2) is 12.4 Å². The highest BCUT2D eigenvalue weighted by Crippen LogP contribution is 2.53. The number of likely N-dealkylation sites (tertiary alicyclic amines) is 1. The number of ketones is 1. The Hall–Kier alpha value is -3.25. The van der Waals surface area contributed by atoms with E-state index in [9.17, 15) is 19.2 Å². The van der Waals surface area contributed by atoms with Gasteiger partial charge in [-0.1, -0.05) is 54.1 Å². The molecule has 2 bridgehead atoms. The van der Waals surface area contributed by atoms with Crippen LogP contribution in [-0.4, -0.2) is 41.1 Å². The van der Waals surface area contributed by atoms with Gasteiger partial charge in [0.05, 0.1) is 11.8 Å². The molecule has 0 spiro atoms. The number of benzene rings is 2. The van der Waals surface area contributed by atoms with Crippen LogP contribution in [0.25, 0.3) is 0 Å². The molecule has 1 aliphatic heterocycles. The van der Waals surface area contributed by atoms with Crippen molar-refractivity contribution in [3.05, 3.63) is 82.9 Å². The van der Waals surface area contributed by atoms with Gasteiger partial charge in [0, 0.05) is 17.0 Å². The third-order valence-corrected chi connectivity index (χ3v) is 7.12. The third-order valence-electron chi connectivity index (χ3n) is 6.87. The van der Waals surface area contributed by atoms with Gasteiger partial charge in [-0.3, -0.25) is 19.3 Å². The Balaban J connectivity index is 1.36. The normalized spacial score (nSPS) is 25.9. The van der Waals surface area contributed by atoms with E-state index < -0.39 is 36.2 Å². The Morgan fingerprint density at radius 2 is 1.55 bits per heavy atom. The van der Waals surface area contributed by atoms with Gasteiger partial charge in [-0.25, -0.2) is 4.79 Å². The fourth-order valence-corrected chi connectivity index (χ4v) is 5.43. The van der Waals surface area contributed by atoms with Crippen LogP contribution < -0.4 is 0 Å². The summed E-state index contributed by atoms with van der Waals surface area (Å²) in [5.41, 5.74) is 1.15. The van der Waals surface area contributed by atoms with E-state index in [-0.39, 0.29) is 30.1 Å². The SMILES string of the molecule is O=C(COC(=O)[C@H](Cc1ccccc1)N1C(=O)[C@H]2[C@H](C1=O)[C@H]1C=C[C@H]2C1)c1ccc(Cl)cc1. The van der Waals surface area contributed by atoms with Crippen molar-refractivity contribution in [1.29, 1.82) is 0 Å². The molecule has 168 valence electrons. The number of carbonyl (C=O) groups excluding carboxylic acids is 4. The van der Waals surface area contributed by atoms with E-state index in [0.29, 0.717) is 10.6 Å². The van der Waals surface area contributed by atoms with Crippen LogP contribution in [0.3, 0.4) is 0 Å². The Morgan fingerprint density at radius 1 is 0.939 bits per heavy atom. The summed E-state index contributed by atoms with van der Waals surface area (Å²) in [7, 11) is 0. The van der Waals surface area contributed by atoms with Crippen LogP contribution in [0.1, 0.15) is 22.3 Å². The number of imide groups is 1. The molecule has 2 aromatic rings. The molecule has 33 heavy (non-hydrogen) atoms. The van der Waals surface area contributed by atoms with Crippen molar-refractivity contribution in [3.8, 4) is 0 Å². The number of allylic oxidation sites excluding steroid dienone is 2. The van der Waals surface area contributed by atoms with Crippen LogP contribution in [0.15, 0.2) is 66.7 Å². The molecular weight excluding hydrogens is 442 g/mol. The first kappa shape index (κ1) is 21.6. The van der Waals surface area contributed by atoms with Gasteiger partial charge in [-0.15, -0.1) is 0 Å². The lowest BCUT2D eigenvalue weighted by Gasteiger charge is -2.26. The molecule has 1 heterocycles. The second kappa shape index (κ2) is 8.60. The predicted octanol–water partition coefficient (Wildman–Crippen LogP) is 3.48. The summed E-state index contributed by atoms with van der Waals surface area (Å²) in [5, 5.41) is 0.492. The minimum atomic E-state index is -1.12. The van der Waals surface area contributed by atoms with E-state index in [1.807, 2.05) is 42.5 Å². The minimum absolute atomic E-state index is 0.0429. The quantitative estimate of drug-likeness (QED) is 0.272. The zero-order valence-electron chi connectivity index (χ0n) is 17.7. The molecule has 5 rings (SSSR count). The summed E-state index contributed by atoms with van der Waals surface area (Å²) in [6.07, 6.45) is 4.96. The Morgan fingerprint density at radius 3 is 2.15 bits per heavy atom. The maximum absolute atomic E-state index is 13.3. The lowest BCUT2D eigenvalue weighted by atomic mass is 9.85. The van der Waals surface area contributed by atoms with Gasteiger partial charge in [-0.05, 0) is 48.1 Å². The molecule has 7 heteroatoms. The summed E-state index contributed by atoms with van der Waals surface area (Å²) >= 11 is 5.86. The molecule has 2 fully saturated rings. The summed E-state index contributed by atoms with van der Waals surface area (Å²) in [4.78, 5) is 53.3. The largest absolute Gasteiger partial charge is 0.456 e. The highest BCUT2D eigenvalue weighted by Gasteiger charge is 2.61. The average molecular weight is 464 g/mol. The maximum Gasteiger partial charge on any atom is 0.330 e. The van der Waals surface area contributed by atoms with Crippen LogP contribution >= 0.6 is 11.6 Å². The molecule has 1 saturated heterocycles. The van der Waals surface area contributed by atoms with E-state index in [0.717, 1.165) is 16.9 Å². The van der Waals surface area contributed by atoms with Crippen molar-refractivity contribution in [2.24, 2.45) is 23.7 Å². The fourth-order valence-electron chi connectivity index (χ4n) is 5.30. The molecule has 0 N–H and O–H groups in total. The molecule has 0 aromatic heterocycles. The second-order valence-electron chi connectivity index (χ2n) is 8.79. The average Bonchev–Trinajstić information content (AvgIpc) is 3.51. The van der Waals surface area contributed by atoms with E-state index in [1.165, 1.54) is 0 Å². The zero-order valence-corrected chi connectivity index (χ0v) is 18.5. The first-order valence-corrected chi connectivity index (χ1v) is 11.4. The number of Topliss-reactive ketones (excluding diaryl/α,β-unsaturated/α-hetero) is 1. The molecule has 1 saturated carbocycles. The Labute approximate surface area is 196 Å². The van der Waals surface area contributed by atoms with Crippen LogP contribution in [0.4, 0.5) is 0 Å². The number of esters is 1. The Bertz CT molecular complexity index is 1110. The molecule has 2 amide bonds. The van der Waals surface area contributed by atoms with Gasteiger partial charge in [0.2, 0.25) is 11.8 Å². The topological polar surface area (TPSA) is 80.8 Å². The smallest absolute Gasteiger partial charge is 0.330 e. The molecule has 0 radical (unpaired) electrons. The minimum Gasteiger partial charge on any atom is -0.456 e. The van der Waals surface area contributed by atoms with Crippen molar-refractivity contribution < 1.29 is 23.9 Å². The number of amides is 2. The number of ether oxygens (including phenoxy) is 1. The van der Waals surface area contributed by atoms with Crippen molar-refractivity contribution in [2.45, 2.75) is 18.9 Å². The zero-order chi connectivity index (χ0) is 23.1. The summed E-state index contributed by atoms with van der Waals surface area (Å²) in [6.45, 7) is -0.484. The van der Waals surface area contributed by atoms with E-state index >= 15 is 0 Å². The highest BCUT2D eigenvalue weighted by molar-refractivity contribution is 6.30. The summed E-state index contributed by atoms with van der Waals surface area (Å²) in [5.74, 6) is -2.52. The number of halogens is 1. The number of rotatable bonds is 7. The van der Waals surface area contributed by atoms with Gasteiger partial charge >= 0.3 is 5.97 Å². The first-order chi connectivity index (χ1) is 15.9. The second-order valence-corrected chi connectivity index (χ2v) is 9.23. The van der Waals surface area contributed by atoms with Crippen molar-refractivity contribution in [3.63, 3.8) is 0 Å². The third kappa shape index (κ3) is 3.89. The lowest BCUT2D eigenvalue weighted by Crippen LogP contribution is -2.48. The molecule has 5 atom stereocenters. The van der Waals surface area contributed by atoms with E-state index in [4.69, 9.17) is 16.3 Å². The van der Waals surface area contributed by atoms with Crippen LogP contribution in [0, 0.1) is 23.7 Å². The molecule has 2 aliphatic carbocycles. The van der Waals surface area contributed by atoms with Crippen LogP contribution in [-0.2, 0) is 25.5 Å². The van der Waals surface area contributed by atoms with E-state index in [1.54, 1.807) is 24.3 Å². The molecule has 2 aromatic carbocycles. The van der Waals surface area contributed by atoms with Gasteiger partial charge in [0.1, 0.15) is 6.04 Å². The van der Waals surface area contributed by atoms with E-state index in [2.05, 4.69) is 0 Å². The van der Waals surface area contributed by atoms with Crippen molar-refractivity contribution >= 4 is 35.2 Å². The molecule has 6 nitrogen and oxygen atoms in total. The Kier molecular flexibility index (Phi) is 5.62. The monoisotopic (exact) mass is 463 g/mol. The standard InChI is InChI=1S/C26H22ClNO5/c27-19-10-8-16(9-11-19)21(29)14-33-26(32)20(12-15-4-2-1-3-5-15)28-24(30)22-17-6-7-18(13-17)23(22)25(28)31/h1-11,17-18,20,22-23H,12-14H2/t17-,18-,20-,22+,23+/m0/s1. The maximum atomic E-state index is 13.3. The number of nitrogens with zero attached hydrogens (tertiary/aromatic N) is 1. The summed E-state index contributed by atoms with van der Waals surface area (Å²) < 4.78 is 5.34. The predicted molar refractivity (Wildman–Crippen MR) is 120 cm³/mol. The fraction of sp³-hybridized carbons (Fsp3) is 0.308. The number of hydrogen-bond acceptors (Lipinski definition) is 5. The van der Waals surface area contributed by atoms with Crippen LogP contribution in [0.2, 0.25) is 5.02 Å². The number of hydrogen-bond donors (Lipinski definition) is 0. The van der Waals surface area contributed by atoms with Crippen LogP contribution in [0.5, 0.6) is 0 Å². The highest BCUT2D eigenvalue weighted by atomic mass is 35.5. The lowest BCUT2D eigenvalue weighted by molar-refractivity contribution is -0.158. The summed E-state index contributed by atoms with van der Waals surface area (Å²) in [6, 6.07) is 14.3. The van der Waals surface area contributed by atoms with Crippen molar-refractivity contribution in [1.82, 2.24) is 4.90 Å². The molecular formula is C26H22ClNO5.